The first-order chi connectivity index (χ1) is 11.5. The van der Waals surface area contributed by atoms with Crippen molar-refractivity contribution < 1.29 is 24.2 Å². The molecule has 4 fully saturated rings. The van der Waals surface area contributed by atoms with Gasteiger partial charge in [-0.3, -0.25) is 29.1 Å². The monoisotopic (exact) mass is 337 g/mol. The van der Waals surface area contributed by atoms with Gasteiger partial charge >= 0.3 is 5.97 Å². The minimum atomic E-state index is -0.778. The second-order valence-electron chi connectivity index (χ2n) is 7.38. The number of fused-ring (bicyclic) bond motifs is 2. The number of ether oxygens (including phenoxy) is 1. The molecule has 132 valence electrons. The number of amides is 2. The van der Waals surface area contributed by atoms with Crippen LogP contribution in [0.2, 0.25) is 0 Å². The standard InChI is InChI=1S/C16H23N3O5/c1-24-13(21)7-18-14(22)12-5-11(20)6-19(12)16(15(18)23)8-17(9-16)10-3-2-4-10/h10-12,20H,2-9H2,1H3/t11-,12+/m1/s1. The molecule has 0 radical (unpaired) electrons. The zero-order valence-electron chi connectivity index (χ0n) is 13.8. The fraction of sp³-hybridized carbons (Fsp3) is 0.812. The van der Waals surface area contributed by atoms with E-state index in [0.29, 0.717) is 32.1 Å². The molecule has 1 spiro atoms. The third-order valence-corrected chi connectivity index (χ3v) is 6.06. The van der Waals surface area contributed by atoms with Gasteiger partial charge in [0.25, 0.3) is 5.91 Å². The summed E-state index contributed by atoms with van der Waals surface area (Å²) in [7, 11) is 1.24. The fourth-order valence-electron chi connectivity index (χ4n) is 4.47. The molecule has 0 aromatic rings. The third kappa shape index (κ3) is 2.13. The van der Waals surface area contributed by atoms with E-state index in [1.807, 2.05) is 4.90 Å². The van der Waals surface area contributed by atoms with E-state index in [2.05, 4.69) is 9.64 Å². The molecule has 2 atom stereocenters. The SMILES string of the molecule is COC(=O)CN1C(=O)[C@@H]2C[C@@H](O)CN2C2(CN(C3CCC3)C2)C1=O. The van der Waals surface area contributed by atoms with E-state index in [-0.39, 0.29) is 12.5 Å². The van der Waals surface area contributed by atoms with Gasteiger partial charge in [-0.25, -0.2) is 0 Å². The molecule has 0 unspecified atom stereocenters. The highest BCUT2D eigenvalue weighted by Crippen LogP contribution is 2.43. The average Bonchev–Trinajstić information content (AvgIpc) is 2.85. The number of piperazine rings is 1. The Balaban J connectivity index is 1.60. The smallest absolute Gasteiger partial charge is 0.325 e. The highest BCUT2D eigenvalue weighted by Gasteiger charge is 2.65. The van der Waals surface area contributed by atoms with Crippen LogP contribution in [0.1, 0.15) is 25.7 Å². The lowest BCUT2D eigenvalue weighted by Gasteiger charge is -2.61. The van der Waals surface area contributed by atoms with Crippen LogP contribution in [0.25, 0.3) is 0 Å². The number of rotatable bonds is 3. The van der Waals surface area contributed by atoms with Crippen LogP contribution in [-0.4, -0.2) is 94.6 Å². The van der Waals surface area contributed by atoms with Gasteiger partial charge in [0.2, 0.25) is 5.91 Å². The second-order valence-corrected chi connectivity index (χ2v) is 7.38. The molecule has 0 aromatic heterocycles. The van der Waals surface area contributed by atoms with Gasteiger partial charge in [0.1, 0.15) is 12.1 Å². The summed E-state index contributed by atoms with van der Waals surface area (Å²) >= 11 is 0. The molecule has 8 heteroatoms. The number of esters is 1. The molecule has 4 aliphatic rings. The molecule has 3 aliphatic heterocycles. The lowest BCUT2D eigenvalue weighted by Crippen LogP contribution is -2.82. The van der Waals surface area contributed by atoms with Gasteiger partial charge in [-0.2, -0.15) is 0 Å². The van der Waals surface area contributed by atoms with Crippen LogP contribution in [0.15, 0.2) is 0 Å². The van der Waals surface area contributed by atoms with Crippen molar-refractivity contribution in [3.05, 3.63) is 0 Å². The maximum Gasteiger partial charge on any atom is 0.325 e. The van der Waals surface area contributed by atoms with Gasteiger partial charge in [0.15, 0.2) is 0 Å². The molecule has 2 amide bonds. The summed E-state index contributed by atoms with van der Waals surface area (Å²) in [6.07, 6.45) is 3.23. The molecule has 4 rings (SSSR count). The molecular weight excluding hydrogens is 314 g/mol. The van der Waals surface area contributed by atoms with Gasteiger partial charge < -0.3 is 9.84 Å². The minimum Gasteiger partial charge on any atom is -0.468 e. The first-order valence-corrected chi connectivity index (χ1v) is 8.58. The van der Waals surface area contributed by atoms with Crippen molar-refractivity contribution in [2.45, 2.75) is 49.4 Å². The Morgan fingerprint density at radius 1 is 1.33 bits per heavy atom. The third-order valence-electron chi connectivity index (χ3n) is 6.06. The zero-order valence-corrected chi connectivity index (χ0v) is 13.8. The number of carbonyl (C=O) groups excluding carboxylic acids is 3. The van der Waals surface area contributed by atoms with Gasteiger partial charge in [0.05, 0.1) is 19.3 Å². The van der Waals surface area contributed by atoms with Crippen molar-refractivity contribution >= 4 is 17.8 Å². The Labute approximate surface area is 140 Å². The van der Waals surface area contributed by atoms with Gasteiger partial charge in [-0.05, 0) is 19.3 Å². The number of nitrogens with zero attached hydrogens (tertiary/aromatic N) is 3. The quantitative estimate of drug-likeness (QED) is 0.499. The number of hydrogen-bond acceptors (Lipinski definition) is 7. The molecule has 3 saturated heterocycles. The Morgan fingerprint density at radius 2 is 2.04 bits per heavy atom. The number of carbonyl (C=O) groups is 3. The zero-order chi connectivity index (χ0) is 17.1. The second kappa shape index (κ2) is 5.50. The van der Waals surface area contributed by atoms with E-state index in [9.17, 15) is 19.5 Å². The number of methoxy groups -OCH3 is 1. The van der Waals surface area contributed by atoms with Crippen LogP contribution in [0.4, 0.5) is 0 Å². The molecule has 0 aromatic carbocycles. The number of imide groups is 1. The Kier molecular flexibility index (Phi) is 3.67. The van der Waals surface area contributed by atoms with Gasteiger partial charge in [0, 0.05) is 25.7 Å². The number of hydrogen-bond donors (Lipinski definition) is 1. The first kappa shape index (κ1) is 16.0. The highest BCUT2D eigenvalue weighted by molar-refractivity contribution is 6.07. The molecule has 8 nitrogen and oxygen atoms in total. The van der Waals surface area contributed by atoms with E-state index in [1.165, 1.54) is 13.5 Å². The largest absolute Gasteiger partial charge is 0.468 e. The number of aliphatic hydroxyl groups excluding tert-OH is 1. The van der Waals surface area contributed by atoms with E-state index in [4.69, 9.17) is 0 Å². The summed E-state index contributed by atoms with van der Waals surface area (Å²) in [6.45, 7) is 1.14. The van der Waals surface area contributed by atoms with Crippen molar-refractivity contribution in [2.75, 3.05) is 33.3 Å². The van der Waals surface area contributed by atoms with E-state index in [0.717, 1.165) is 17.7 Å². The van der Waals surface area contributed by atoms with Crippen LogP contribution in [0.3, 0.4) is 0 Å². The normalized spacial score (nSPS) is 33.3. The molecular formula is C16H23N3O5. The average molecular weight is 337 g/mol. The van der Waals surface area contributed by atoms with Crippen molar-refractivity contribution in [3.63, 3.8) is 0 Å². The summed E-state index contributed by atoms with van der Waals surface area (Å²) in [4.78, 5) is 42.6. The number of aliphatic hydroxyl groups is 1. The van der Waals surface area contributed by atoms with Crippen molar-refractivity contribution in [2.24, 2.45) is 0 Å². The maximum atomic E-state index is 13.1. The number of β-amino-alcohol motifs (C(OH)–C–C–N with tert-alkyl or cyclic N) is 1. The first-order valence-electron chi connectivity index (χ1n) is 8.58. The van der Waals surface area contributed by atoms with Gasteiger partial charge in [-0.1, -0.05) is 6.42 Å². The van der Waals surface area contributed by atoms with E-state index in [1.54, 1.807) is 0 Å². The predicted octanol–water partition coefficient (Wildman–Crippen LogP) is -1.43. The molecule has 1 saturated carbocycles. The molecule has 1 aliphatic carbocycles. The lowest BCUT2D eigenvalue weighted by molar-refractivity contribution is -0.186. The summed E-state index contributed by atoms with van der Waals surface area (Å²) in [5, 5.41) is 10.0. The topological polar surface area (TPSA) is 90.4 Å². The number of likely N-dealkylation sites (tertiary alicyclic amines) is 1. The minimum absolute atomic E-state index is 0.314. The van der Waals surface area contributed by atoms with Crippen LogP contribution in [0.5, 0.6) is 0 Å². The lowest BCUT2D eigenvalue weighted by atomic mass is 9.78. The summed E-state index contributed by atoms with van der Waals surface area (Å²) in [5.74, 6) is -1.32. The summed E-state index contributed by atoms with van der Waals surface area (Å²) in [6, 6.07) is 0.00647. The van der Waals surface area contributed by atoms with E-state index >= 15 is 0 Å². The van der Waals surface area contributed by atoms with Crippen LogP contribution in [0, 0.1) is 0 Å². The fourth-order valence-corrected chi connectivity index (χ4v) is 4.47. The van der Waals surface area contributed by atoms with Crippen LogP contribution < -0.4 is 0 Å². The van der Waals surface area contributed by atoms with Crippen molar-refractivity contribution in [1.82, 2.24) is 14.7 Å². The van der Waals surface area contributed by atoms with Crippen LogP contribution in [-0.2, 0) is 19.1 Å². The predicted molar refractivity (Wildman–Crippen MR) is 81.8 cm³/mol. The molecule has 24 heavy (non-hydrogen) atoms. The van der Waals surface area contributed by atoms with Crippen molar-refractivity contribution in [1.29, 1.82) is 0 Å². The molecule has 1 N–H and O–H groups in total. The Morgan fingerprint density at radius 3 is 2.62 bits per heavy atom. The molecule has 3 heterocycles. The molecule has 0 bridgehead atoms. The van der Waals surface area contributed by atoms with Gasteiger partial charge in [-0.15, -0.1) is 0 Å². The summed E-state index contributed by atoms with van der Waals surface area (Å²) < 4.78 is 4.63. The van der Waals surface area contributed by atoms with E-state index < -0.39 is 29.6 Å². The summed E-state index contributed by atoms with van der Waals surface area (Å²) in [5.41, 5.74) is -0.778. The Bertz CT molecular complexity index is 584. The Hall–Kier alpha value is -1.51. The van der Waals surface area contributed by atoms with Crippen molar-refractivity contribution in [3.8, 4) is 0 Å². The maximum absolute atomic E-state index is 13.1. The van der Waals surface area contributed by atoms with Crippen LogP contribution >= 0.6 is 0 Å². The highest BCUT2D eigenvalue weighted by atomic mass is 16.5.